The summed E-state index contributed by atoms with van der Waals surface area (Å²) in [6.07, 6.45) is 2.44. The topological polar surface area (TPSA) is 75.4 Å². The van der Waals surface area contributed by atoms with Gasteiger partial charge in [0.2, 0.25) is 11.8 Å². The second-order valence-corrected chi connectivity index (χ2v) is 8.14. The first-order chi connectivity index (χ1) is 13.5. The first kappa shape index (κ1) is 18.8. The van der Waals surface area contributed by atoms with Crippen LogP contribution in [0.5, 0.6) is 0 Å². The lowest BCUT2D eigenvalue weighted by molar-refractivity contribution is -0.122. The molecule has 3 N–H and O–H groups in total. The van der Waals surface area contributed by atoms with Crippen LogP contribution in [0.15, 0.2) is 48.5 Å². The molecule has 2 aromatic carbocycles. The molecule has 0 bridgehead atoms. The van der Waals surface area contributed by atoms with Crippen LogP contribution in [-0.4, -0.2) is 24.9 Å². The Morgan fingerprint density at radius 3 is 2.43 bits per heavy atom. The van der Waals surface area contributed by atoms with Crippen LogP contribution in [0.1, 0.15) is 30.7 Å². The van der Waals surface area contributed by atoms with Gasteiger partial charge in [-0.05, 0) is 67.1 Å². The number of rotatable bonds is 5. The van der Waals surface area contributed by atoms with Crippen molar-refractivity contribution < 1.29 is 9.59 Å². The third-order valence-corrected chi connectivity index (χ3v) is 6.04. The molecule has 0 aromatic heterocycles. The minimum absolute atomic E-state index is 0.00553. The first-order valence-electron chi connectivity index (χ1n) is 9.72. The van der Waals surface area contributed by atoms with Gasteiger partial charge < -0.3 is 16.0 Å². The molecule has 1 aliphatic carbocycles. The van der Waals surface area contributed by atoms with Crippen molar-refractivity contribution >= 4 is 34.8 Å². The number of hydrogen-bond donors (Lipinski definition) is 2. The van der Waals surface area contributed by atoms with Crippen LogP contribution in [0.2, 0.25) is 5.02 Å². The van der Waals surface area contributed by atoms with Crippen LogP contribution >= 0.6 is 11.6 Å². The lowest BCUT2D eigenvalue weighted by atomic mass is 9.96. The standard InChI is InChI=1S/C22H24ClN3O2/c23-16-3-1-2-15(12-16)19-13-20(19)22(28)25-17-4-6-18(7-5-17)26-10-8-14(9-11-26)21(24)27/h1-7,12,14,19-20H,8-11,13H2,(H2,24,27)(H,25,28). The average Bonchev–Trinajstić information content (AvgIpc) is 3.50. The van der Waals surface area contributed by atoms with Gasteiger partial charge in [0, 0.05) is 41.3 Å². The van der Waals surface area contributed by atoms with Gasteiger partial charge in [0.05, 0.1) is 0 Å². The fourth-order valence-corrected chi connectivity index (χ4v) is 4.20. The molecule has 0 radical (unpaired) electrons. The highest BCUT2D eigenvalue weighted by Gasteiger charge is 2.44. The van der Waals surface area contributed by atoms with Crippen molar-refractivity contribution in [1.29, 1.82) is 0 Å². The van der Waals surface area contributed by atoms with Gasteiger partial charge in [0.1, 0.15) is 0 Å². The van der Waals surface area contributed by atoms with E-state index in [4.69, 9.17) is 17.3 Å². The van der Waals surface area contributed by atoms with Crippen LogP contribution in [0.25, 0.3) is 0 Å². The van der Waals surface area contributed by atoms with E-state index in [1.165, 1.54) is 0 Å². The Morgan fingerprint density at radius 2 is 1.79 bits per heavy atom. The van der Waals surface area contributed by atoms with Crippen LogP contribution in [0, 0.1) is 11.8 Å². The Balaban J connectivity index is 1.31. The summed E-state index contributed by atoms with van der Waals surface area (Å²) in [5.74, 6) is 0.102. The minimum Gasteiger partial charge on any atom is -0.371 e. The molecule has 0 spiro atoms. The van der Waals surface area contributed by atoms with Gasteiger partial charge in [-0.3, -0.25) is 9.59 Å². The van der Waals surface area contributed by atoms with E-state index >= 15 is 0 Å². The van der Waals surface area contributed by atoms with Crippen molar-refractivity contribution in [2.75, 3.05) is 23.3 Å². The van der Waals surface area contributed by atoms with E-state index < -0.39 is 0 Å². The molecular formula is C22H24ClN3O2. The van der Waals surface area contributed by atoms with Gasteiger partial charge in [0.15, 0.2) is 0 Å². The molecule has 1 aliphatic heterocycles. The number of hydrogen-bond acceptors (Lipinski definition) is 3. The maximum atomic E-state index is 12.5. The summed E-state index contributed by atoms with van der Waals surface area (Å²) in [5.41, 5.74) is 8.43. The highest BCUT2D eigenvalue weighted by molar-refractivity contribution is 6.30. The molecular weight excluding hydrogens is 374 g/mol. The van der Waals surface area contributed by atoms with Crippen LogP contribution in [-0.2, 0) is 9.59 Å². The number of carbonyl (C=O) groups excluding carboxylic acids is 2. The van der Waals surface area contributed by atoms with E-state index in [9.17, 15) is 9.59 Å². The van der Waals surface area contributed by atoms with E-state index in [1.54, 1.807) is 0 Å². The highest BCUT2D eigenvalue weighted by atomic mass is 35.5. The summed E-state index contributed by atoms with van der Waals surface area (Å²) >= 11 is 6.05. The van der Waals surface area contributed by atoms with Gasteiger partial charge in [-0.1, -0.05) is 23.7 Å². The molecule has 2 aliphatic rings. The summed E-state index contributed by atoms with van der Waals surface area (Å²) in [4.78, 5) is 26.1. The Hall–Kier alpha value is -2.53. The maximum Gasteiger partial charge on any atom is 0.228 e. The maximum absolute atomic E-state index is 12.5. The Kier molecular flexibility index (Phi) is 5.27. The highest BCUT2D eigenvalue weighted by Crippen LogP contribution is 2.48. The van der Waals surface area contributed by atoms with Crippen molar-refractivity contribution in [3.8, 4) is 0 Å². The second-order valence-electron chi connectivity index (χ2n) is 7.70. The number of carbonyl (C=O) groups is 2. The van der Waals surface area contributed by atoms with Gasteiger partial charge >= 0.3 is 0 Å². The number of benzene rings is 2. The van der Waals surface area contributed by atoms with Crippen molar-refractivity contribution in [1.82, 2.24) is 0 Å². The quantitative estimate of drug-likeness (QED) is 0.806. The number of nitrogens with two attached hydrogens (primary N) is 1. The predicted octanol–water partition coefficient (Wildman–Crippen LogP) is 3.78. The number of amides is 2. The van der Waals surface area contributed by atoms with Crippen molar-refractivity contribution in [3.05, 3.63) is 59.1 Å². The van der Waals surface area contributed by atoms with Crippen molar-refractivity contribution in [2.24, 2.45) is 17.6 Å². The van der Waals surface area contributed by atoms with Crippen LogP contribution < -0.4 is 16.0 Å². The smallest absolute Gasteiger partial charge is 0.228 e. The van der Waals surface area contributed by atoms with Crippen molar-refractivity contribution in [2.45, 2.75) is 25.2 Å². The molecule has 2 amide bonds. The molecule has 2 aromatic rings. The predicted molar refractivity (Wildman–Crippen MR) is 112 cm³/mol. The zero-order valence-corrected chi connectivity index (χ0v) is 16.4. The molecule has 1 saturated carbocycles. The Bertz CT molecular complexity index is 876. The summed E-state index contributed by atoms with van der Waals surface area (Å²) in [5, 5.41) is 3.73. The number of piperidine rings is 1. The monoisotopic (exact) mass is 397 g/mol. The van der Waals surface area contributed by atoms with Gasteiger partial charge in [-0.2, -0.15) is 0 Å². The number of halogens is 1. The molecule has 6 heteroatoms. The van der Waals surface area contributed by atoms with Gasteiger partial charge in [-0.25, -0.2) is 0 Å². The SMILES string of the molecule is NC(=O)C1CCN(c2ccc(NC(=O)C3CC3c3cccc(Cl)c3)cc2)CC1. The second kappa shape index (κ2) is 7.84. The summed E-state index contributed by atoms with van der Waals surface area (Å²) in [6.45, 7) is 1.64. The largest absolute Gasteiger partial charge is 0.371 e. The minimum atomic E-state index is -0.200. The number of anilines is 2. The first-order valence-corrected chi connectivity index (χ1v) is 10.1. The zero-order valence-electron chi connectivity index (χ0n) is 15.6. The van der Waals surface area contributed by atoms with E-state index in [1.807, 2.05) is 48.5 Å². The molecule has 146 valence electrons. The normalized spacial score (nSPS) is 22.0. The fourth-order valence-electron chi connectivity index (χ4n) is 4.00. The van der Waals surface area contributed by atoms with E-state index in [0.717, 1.165) is 49.3 Å². The molecule has 2 atom stereocenters. The van der Waals surface area contributed by atoms with Gasteiger partial charge in [0.25, 0.3) is 0 Å². The van der Waals surface area contributed by atoms with Gasteiger partial charge in [-0.15, -0.1) is 0 Å². The Labute approximate surface area is 169 Å². The number of nitrogens with one attached hydrogen (secondary N) is 1. The fraction of sp³-hybridized carbons (Fsp3) is 0.364. The molecule has 1 heterocycles. The molecule has 4 rings (SSSR count). The molecule has 5 nitrogen and oxygen atoms in total. The average molecular weight is 398 g/mol. The van der Waals surface area contributed by atoms with E-state index in [2.05, 4.69) is 10.2 Å². The van der Waals surface area contributed by atoms with Crippen LogP contribution in [0.4, 0.5) is 11.4 Å². The third-order valence-electron chi connectivity index (χ3n) is 5.80. The van der Waals surface area contributed by atoms with E-state index in [-0.39, 0.29) is 29.6 Å². The third kappa shape index (κ3) is 4.14. The molecule has 1 saturated heterocycles. The number of primary amides is 1. The Morgan fingerprint density at radius 1 is 1.07 bits per heavy atom. The summed E-state index contributed by atoms with van der Waals surface area (Å²) in [6, 6.07) is 15.6. The number of nitrogens with zero attached hydrogens (tertiary/aromatic N) is 1. The molecule has 2 unspecified atom stereocenters. The van der Waals surface area contributed by atoms with Crippen molar-refractivity contribution in [3.63, 3.8) is 0 Å². The van der Waals surface area contributed by atoms with E-state index in [0.29, 0.717) is 5.02 Å². The lowest BCUT2D eigenvalue weighted by Crippen LogP contribution is -2.38. The molecule has 28 heavy (non-hydrogen) atoms. The lowest BCUT2D eigenvalue weighted by Gasteiger charge is -2.32. The summed E-state index contributed by atoms with van der Waals surface area (Å²) < 4.78 is 0. The zero-order chi connectivity index (χ0) is 19.7. The summed E-state index contributed by atoms with van der Waals surface area (Å²) in [7, 11) is 0. The van der Waals surface area contributed by atoms with Crippen LogP contribution in [0.3, 0.4) is 0 Å². The molecule has 2 fully saturated rings.